The molecule has 2 aromatic rings. The van der Waals surface area contributed by atoms with Crippen LogP contribution in [0.1, 0.15) is 27.6 Å². The van der Waals surface area contributed by atoms with E-state index in [0.717, 1.165) is 0 Å². The first kappa shape index (κ1) is 19.8. The number of benzene rings is 2. The van der Waals surface area contributed by atoms with E-state index in [4.69, 9.17) is 27.9 Å². The number of anilines is 1. The fourth-order valence-electron chi connectivity index (χ4n) is 2.05. The summed E-state index contributed by atoms with van der Waals surface area (Å²) in [7, 11) is 1.20. The molecule has 0 aliphatic carbocycles. The summed E-state index contributed by atoms with van der Waals surface area (Å²) >= 11 is 11.8. The zero-order valence-corrected chi connectivity index (χ0v) is 15.4. The molecule has 26 heavy (non-hydrogen) atoms. The van der Waals surface area contributed by atoms with Crippen molar-refractivity contribution in [2.45, 2.75) is 13.0 Å². The number of hydrogen-bond donors (Lipinski definition) is 1. The second-order valence-corrected chi connectivity index (χ2v) is 6.04. The van der Waals surface area contributed by atoms with E-state index < -0.39 is 23.9 Å². The summed E-state index contributed by atoms with van der Waals surface area (Å²) < 4.78 is 9.77. The zero-order valence-electron chi connectivity index (χ0n) is 13.9. The van der Waals surface area contributed by atoms with Crippen molar-refractivity contribution in [1.29, 1.82) is 0 Å². The molecule has 0 aromatic heterocycles. The highest BCUT2D eigenvalue weighted by Gasteiger charge is 2.23. The van der Waals surface area contributed by atoms with Gasteiger partial charge in [-0.1, -0.05) is 35.3 Å². The standard InChI is InChI=1S/C18H15Cl2NO5/c1-10(16(22)21-15-8-7-11(19)9-14(15)20)26-18(24)13-6-4-3-5-12(13)17(23)25-2/h3-10H,1-2H3,(H,21,22). The molecule has 0 bridgehead atoms. The van der Waals surface area contributed by atoms with Gasteiger partial charge in [0.15, 0.2) is 6.10 Å². The molecule has 0 aliphatic heterocycles. The zero-order chi connectivity index (χ0) is 19.3. The molecule has 0 saturated heterocycles. The molecule has 0 radical (unpaired) electrons. The van der Waals surface area contributed by atoms with Gasteiger partial charge < -0.3 is 14.8 Å². The normalized spacial score (nSPS) is 11.4. The number of methoxy groups -OCH3 is 1. The first-order valence-electron chi connectivity index (χ1n) is 7.47. The Bertz CT molecular complexity index is 853. The van der Waals surface area contributed by atoms with Crippen molar-refractivity contribution < 1.29 is 23.9 Å². The van der Waals surface area contributed by atoms with Gasteiger partial charge in [-0.3, -0.25) is 4.79 Å². The van der Waals surface area contributed by atoms with Crippen LogP contribution in [0.4, 0.5) is 5.69 Å². The van der Waals surface area contributed by atoms with Gasteiger partial charge in [-0.2, -0.15) is 0 Å². The SMILES string of the molecule is COC(=O)c1ccccc1C(=O)OC(C)C(=O)Nc1ccc(Cl)cc1Cl. The average molecular weight is 396 g/mol. The molecule has 1 amide bonds. The maximum atomic E-state index is 12.3. The molecule has 0 heterocycles. The lowest BCUT2D eigenvalue weighted by molar-refractivity contribution is -0.123. The van der Waals surface area contributed by atoms with Crippen LogP contribution in [-0.2, 0) is 14.3 Å². The van der Waals surface area contributed by atoms with Crippen LogP contribution in [0.25, 0.3) is 0 Å². The second kappa shape index (κ2) is 8.69. The molecule has 0 aliphatic rings. The predicted molar refractivity (Wildman–Crippen MR) is 97.8 cm³/mol. The van der Waals surface area contributed by atoms with Crippen molar-refractivity contribution in [2.24, 2.45) is 0 Å². The lowest BCUT2D eigenvalue weighted by atomic mass is 10.1. The second-order valence-electron chi connectivity index (χ2n) is 5.20. The topological polar surface area (TPSA) is 81.7 Å². The minimum Gasteiger partial charge on any atom is -0.465 e. The van der Waals surface area contributed by atoms with E-state index in [9.17, 15) is 14.4 Å². The van der Waals surface area contributed by atoms with Crippen LogP contribution in [0.15, 0.2) is 42.5 Å². The summed E-state index contributed by atoms with van der Waals surface area (Å²) in [5, 5.41) is 3.22. The number of rotatable bonds is 5. The van der Waals surface area contributed by atoms with Gasteiger partial charge in [0.1, 0.15) is 0 Å². The molecule has 1 unspecified atom stereocenters. The Morgan fingerprint density at radius 1 is 1.00 bits per heavy atom. The summed E-state index contributed by atoms with van der Waals surface area (Å²) in [5.41, 5.74) is 0.385. The van der Waals surface area contributed by atoms with Crippen LogP contribution in [0.2, 0.25) is 10.0 Å². The number of ether oxygens (including phenoxy) is 2. The molecule has 1 N–H and O–H groups in total. The van der Waals surface area contributed by atoms with Crippen LogP contribution in [0.5, 0.6) is 0 Å². The number of esters is 2. The number of halogens is 2. The average Bonchev–Trinajstić information content (AvgIpc) is 2.63. The number of amides is 1. The van der Waals surface area contributed by atoms with Gasteiger partial charge in [-0.25, -0.2) is 9.59 Å². The molecule has 6 nitrogen and oxygen atoms in total. The predicted octanol–water partition coefficient (Wildman–Crippen LogP) is 3.96. The van der Waals surface area contributed by atoms with Gasteiger partial charge in [-0.15, -0.1) is 0 Å². The van der Waals surface area contributed by atoms with E-state index in [1.165, 1.54) is 38.3 Å². The maximum absolute atomic E-state index is 12.3. The fourth-order valence-corrected chi connectivity index (χ4v) is 2.51. The van der Waals surface area contributed by atoms with Gasteiger partial charge in [0, 0.05) is 5.02 Å². The molecule has 0 fully saturated rings. The molecule has 2 aromatic carbocycles. The molecular formula is C18H15Cl2NO5. The van der Waals surface area contributed by atoms with Gasteiger partial charge in [0.2, 0.25) is 0 Å². The van der Waals surface area contributed by atoms with Crippen LogP contribution in [-0.4, -0.2) is 31.1 Å². The summed E-state index contributed by atoms with van der Waals surface area (Å²) in [6.45, 7) is 1.40. The van der Waals surface area contributed by atoms with E-state index in [0.29, 0.717) is 10.7 Å². The van der Waals surface area contributed by atoms with Crippen molar-refractivity contribution >= 4 is 46.7 Å². The minimum absolute atomic E-state index is 0.00326. The summed E-state index contributed by atoms with van der Waals surface area (Å²) in [4.78, 5) is 36.3. The number of carbonyl (C=O) groups excluding carboxylic acids is 3. The Balaban J connectivity index is 2.09. The lowest BCUT2D eigenvalue weighted by Crippen LogP contribution is -2.30. The highest BCUT2D eigenvalue weighted by atomic mass is 35.5. The van der Waals surface area contributed by atoms with Gasteiger partial charge in [0.05, 0.1) is 28.9 Å². The van der Waals surface area contributed by atoms with Crippen molar-refractivity contribution in [3.8, 4) is 0 Å². The third-order valence-corrected chi connectivity index (χ3v) is 3.94. The summed E-state index contributed by atoms with van der Waals surface area (Å²) in [5.74, 6) is -2.09. The first-order chi connectivity index (χ1) is 12.3. The van der Waals surface area contributed by atoms with Gasteiger partial charge >= 0.3 is 11.9 Å². The Kier molecular flexibility index (Phi) is 6.60. The molecule has 8 heteroatoms. The van der Waals surface area contributed by atoms with Crippen molar-refractivity contribution in [3.05, 3.63) is 63.6 Å². The largest absolute Gasteiger partial charge is 0.465 e. The minimum atomic E-state index is -1.13. The fraction of sp³-hybridized carbons (Fsp3) is 0.167. The number of carbonyl (C=O) groups is 3. The third kappa shape index (κ3) is 4.74. The lowest BCUT2D eigenvalue weighted by Gasteiger charge is -2.15. The maximum Gasteiger partial charge on any atom is 0.339 e. The van der Waals surface area contributed by atoms with E-state index >= 15 is 0 Å². The van der Waals surface area contributed by atoms with Crippen LogP contribution in [0.3, 0.4) is 0 Å². The van der Waals surface area contributed by atoms with Crippen LogP contribution >= 0.6 is 23.2 Å². The summed E-state index contributed by atoms with van der Waals surface area (Å²) in [6.07, 6.45) is -1.13. The van der Waals surface area contributed by atoms with E-state index in [1.807, 2.05) is 0 Å². The van der Waals surface area contributed by atoms with E-state index in [2.05, 4.69) is 10.1 Å². The van der Waals surface area contributed by atoms with Gasteiger partial charge in [-0.05, 0) is 37.3 Å². The molecule has 1 atom stereocenters. The molecule has 0 saturated carbocycles. The molecule has 136 valence electrons. The number of nitrogens with one attached hydrogen (secondary N) is 1. The van der Waals surface area contributed by atoms with Crippen molar-refractivity contribution in [3.63, 3.8) is 0 Å². The molecule has 0 spiro atoms. The van der Waals surface area contributed by atoms with Crippen molar-refractivity contribution in [1.82, 2.24) is 0 Å². The highest BCUT2D eigenvalue weighted by molar-refractivity contribution is 6.36. The van der Waals surface area contributed by atoms with E-state index in [1.54, 1.807) is 18.2 Å². The van der Waals surface area contributed by atoms with Crippen molar-refractivity contribution in [2.75, 3.05) is 12.4 Å². The number of hydrogen-bond acceptors (Lipinski definition) is 5. The molecule has 2 rings (SSSR count). The Hall–Kier alpha value is -2.57. The Morgan fingerprint density at radius 2 is 1.62 bits per heavy atom. The molecular weight excluding hydrogens is 381 g/mol. The Morgan fingerprint density at radius 3 is 2.19 bits per heavy atom. The van der Waals surface area contributed by atoms with Gasteiger partial charge in [0.25, 0.3) is 5.91 Å². The highest BCUT2D eigenvalue weighted by Crippen LogP contribution is 2.25. The van der Waals surface area contributed by atoms with E-state index in [-0.39, 0.29) is 16.1 Å². The quantitative estimate of drug-likeness (QED) is 0.774. The smallest absolute Gasteiger partial charge is 0.339 e. The van der Waals surface area contributed by atoms with Crippen LogP contribution in [0, 0.1) is 0 Å². The van der Waals surface area contributed by atoms with Crippen LogP contribution < -0.4 is 5.32 Å². The Labute approximate surface area is 160 Å². The summed E-state index contributed by atoms with van der Waals surface area (Å²) in [6, 6.07) is 10.6. The third-order valence-electron chi connectivity index (χ3n) is 3.39. The first-order valence-corrected chi connectivity index (χ1v) is 8.23. The monoisotopic (exact) mass is 395 g/mol.